The van der Waals surface area contributed by atoms with E-state index in [1.807, 2.05) is 36.4 Å². The largest absolute Gasteiger partial charge is 0.496 e. The summed E-state index contributed by atoms with van der Waals surface area (Å²) in [6.45, 7) is 0.498. The SMILES string of the molecule is COc1ccc(CN(C)C(=O)[C@H]2CC[C@@H](C(=O)O)C2)c2ccccc12. The molecule has 5 heteroatoms. The van der Waals surface area contributed by atoms with Crippen LogP contribution in [0, 0.1) is 11.8 Å². The molecule has 0 radical (unpaired) electrons. The number of ether oxygens (including phenoxy) is 1. The molecule has 1 N–H and O–H groups in total. The Balaban J connectivity index is 1.77. The molecule has 0 bridgehead atoms. The van der Waals surface area contributed by atoms with E-state index in [-0.39, 0.29) is 17.7 Å². The van der Waals surface area contributed by atoms with Crippen LogP contribution in [-0.2, 0) is 16.1 Å². The van der Waals surface area contributed by atoms with Crippen molar-refractivity contribution in [2.24, 2.45) is 11.8 Å². The number of hydrogen-bond donors (Lipinski definition) is 1. The zero-order valence-corrected chi connectivity index (χ0v) is 14.6. The first-order chi connectivity index (χ1) is 12.0. The quantitative estimate of drug-likeness (QED) is 0.906. The summed E-state index contributed by atoms with van der Waals surface area (Å²) in [7, 11) is 3.44. The van der Waals surface area contributed by atoms with Gasteiger partial charge in [-0.2, -0.15) is 0 Å². The number of amides is 1. The molecule has 0 spiro atoms. The van der Waals surface area contributed by atoms with Gasteiger partial charge in [-0.1, -0.05) is 30.3 Å². The van der Waals surface area contributed by atoms with Crippen LogP contribution in [0.5, 0.6) is 5.75 Å². The smallest absolute Gasteiger partial charge is 0.306 e. The summed E-state index contributed by atoms with van der Waals surface area (Å²) >= 11 is 0. The van der Waals surface area contributed by atoms with Gasteiger partial charge in [0, 0.05) is 24.9 Å². The van der Waals surface area contributed by atoms with Gasteiger partial charge in [-0.25, -0.2) is 0 Å². The number of carbonyl (C=O) groups excluding carboxylic acids is 1. The number of fused-ring (bicyclic) bond motifs is 1. The molecule has 2 aromatic carbocycles. The van der Waals surface area contributed by atoms with Gasteiger partial charge in [-0.15, -0.1) is 0 Å². The molecule has 2 atom stereocenters. The van der Waals surface area contributed by atoms with Gasteiger partial charge in [-0.05, 0) is 36.3 Å². The molecule has 132 valence electrons. The number of hydrogen-bond acceptors (Lipinski definition) is 3. The average molecular weight is 341 g/mol. The molecule has 3 rings (SSSR count). The van der Waals surface area contributed by atoms with E-state index in [9.17, 15) is 9.59 Å². The molecule has 1 aliphatic carbocycles. The fourth-order valence-corrected chi connectivity index (χ4v) is 3.72. The number of carboxylic acids is 1. The molecular formula is C20H23NO4. The summed E-state index contributed by atoms with van der Waals surface area (Å²) in [6, 6.07) is 11.9. The molecule has 0 unspecified atom stereocenters. The van der Waals surface area contributed by atoms with Gasteiger partial charge in [-0.3, -0.25) is 9.59 Å². The van der Waals surface area contributed by atoms with E-state index in [1.165, 1.54) is 0 Å². The van der Waals surface area contributed by atoms with Crippen LogP contribution in [-0.4, -0.2) is 36.0 Å². The highest BCUT2D eigenvalue weighted by molar-refractivity contribution is 5.91. The number of aliphatic carboxylic acids is 1. The second-order valence-electron chi connectivity index (χ2n) is 6.71. The highest BCUT2D eigenvalue weighted by Gasteiger charge is 2.35. The van der Waals surface area contributed by atoms with Gasteiger partial charge < -0.3 is 14.7 Å². The normalized spacial score (nSPS) is 19.8. The molecule has 1 fully saturated rings. The first-order valence-corrected chi connectivity index (χ1v) is 8.53. The first-order valence-electron chi connectivity index (χ1n) is 8.53. The molecule has 25 heavy (non-hydrogen) atoms. The predicted molar refractivity (Wildman–Crippen MR) is 95.4 cm³/mol. The molecule has 1 amide bonds. The van der Waals surface area contributed by atoms with Crippen molar-refractivity contribution < 1.29 is 19.4 Å². The lowest BCUT2D eigenvalue weighted by Crippen LogP contribution is -2.31. The summed E-state index contributed by atoms with van der Waals surface area (Å²) in [4.78, 5) is 25.5. The van der Waals surface area contributed by atoms with Crippen molar-refractivity contribution in [3.63, 3.8) is 0 Å². The van der Waals surface area contributed by atoms with Crippen LogP contribution in [0.3, 0.4) is 0 Å². The zero-order valence-electron chi connectivity index (χ0n) is 14.6. The number of carboxylic acid groups (broad SMARTS) is 1. The number of benzene rings is 2. The van der Waals surface area contributed by atoms with Crippen molar-refractivity contribution in [3.05, 3.63) is 42.0 Å². The standard InChI is InChI=1S/C20H23NO4/c1-21(19(22)13-7-8-14(11-13)20(23)24)12-15-9-10-18(25-2)17-6-4-3-5-16(15)17/h3-6,9-10,13-14H,7-8,11-12H2,1-2H3,(H,23,24)/t13-,14+/m0/s1. The number of nitrogens with zero attached hydrogens (tertiary/aromatic N) is 1. The monoisotopic (exact) mass is 341 g/mol. The molecule has 0 saturated heterocycles. The molecule has 1 aliphatic rings. The maximum Gasteiger partial charge on any atom is 0.306 e. The highest BCUT2D eigenvalue weighted by Crippen LogP contribution is 2.33. The second kappa shape index (κ2) is 7.13. The van der Waals surface area contributed by atoms with Crippen LogP contribution < -0.4 is 4.74 Å². The maximum atomic E-state index is 12.7. The van der Waals surface area contributed by atoms with Gasteiger partial charge >= 0.3 is 5.97 Å². The minimum atomic E-state index is -0.792. The minimum Gasteiger partial charge on any atom is -0.496 e. The van der Waals surface area contributed by atoms with E-state index in [4.69, 9.17) is 9.84 Å². The third-order valence-electron chi connectivity index (χ3n) is 5.11. The molecule has 1 saturated carbocycles. The zero-order chi connectivity index (χ0) is 18.0. The summed E-state index contributed by atoms with van der Waals surface area (Å²) in [5.41, 5.74) is 1.06. The van der Waals surface area contributed by atoms with E-state index in [1.54, 1.807) is 19.1 Å². The highest BCUT2D eigenvalue weighted by atomic mass is 16.5. The van der Waals surface area contributed by atoms with Crippen LogP contribution >= 0.6 is 0 Å². The lowest BCUT2D eigenvalue weighted by molar-refractivity contribution is -0.141. The molecule has 0 aliphatic heterocycles. The van der Waals surface area contributed by atoms with Crippen molar-refractivity contribution in [2.75, 3.05) is 14.2 Å². The van der Waals surface area contributed by atoms with Crippen molar-refractivity contribution >= 4 is 22.6 Å². The number of methoxy groups -OCH3 is 1. The molecule has 2 aromatic rings. The predicted octanol–water partition coefficient (Wildman–Crippen LogP) is 3.31. The van der Waals surface area contributed by atoms with Crippen molar-refractivity contribution in [1.29, 1.82) is 0 Å². The fourth-order valence-electron chi connectivity index (χ4n) is 3.72. The van der Waals surface area contributed by atoms with Crippen molar-refractivity contribution in [3.8, 4) is 5.75 Å². The molecule has 5 nitrogen and oxygen atoms in total. The van der Waals surface area contributed by atoms with E-state index in [0.717, 1.165) is 22.1 Å². The Kier molecular flexibility index (Phi) is 4.93. The molecule has 0 aromatic heterocycles. The fraction of sp³-hybridized carbons (Fsp3) is 0.400. The van der Waals surface area contributed by atoms with E-state index < -0.39 is 5.97 Å². The van der Waals surface area contributed by atoms with Crippen LogP contribution in [0.1, 0.15) is 24.8 Å². The summed E-state index contributed by atoms with van der Waals surface area (Å²) < 4.78 is 5.41. The summed E-state index contributed by atoms with van der Waals surface area (Å²) in [5.74, 6) is -0.518. The van der Waals surface area contributed by atoms with E-state index in [2.05, 4.69) is 0 Å². The van der Waals surface area contributed by atoms with E-state index in [0.29, 0.717) is 25.8 Å². The lowest BCUT2D eigenvalue weighted by Gasteiger charge is -2.22. The van der Waals surface area contributed by atoms with Crippen molar-refractivity contribution in [1.82, 2.24) is 4.90 Å². The Morgan fingerprint density at radius 1 is 1.12 bits per heavy atom. The van der Waals surface area contributed by atoms with Gasteiger partial charge in [0.25, 0.3) is 0 Å². The van der Waals surface area contributed by atoms with Crippen LogP contribution in [0.15, 0.2) is 36.4 Å². The Bertz CT molecular complexity index is 801. The second-order valence-corrected chi connectivity index (χ2v) is 6.71. The molecular weight excluding hydrogens is 318 g/mol. The van der Waals surface area contributed by atoms with Crippen LogP contribution in [0.4, 0.5) is 0 Å². The minimum absolute atomic E-state index is 0.0312. The molecule has 0 heterocycles. The first kappa shape index (κ1) is 17.3. The third kappa shape index (κ3) is 3.45. The maximum absolute atomic E-state index is 12.7. The topological polar surface area (TPSA) is 66.8 Å². The van der Waals surface area contributed by atoms with Gasteiger partial charge in [0.1, 0.15) is 5.75 Å². The van der Waals surface area contributed by atoms with Crippen molar-refractivity contribution in [2.45, 2.75) is 25.8 Å². The average Bonchev–Trinajstić information content (AvgIpc) is 3.11. The summed E-state index contributed by atoms with van der Waals surface area (Å²) in [6.07, 6.45) is 1.69. The van der Waals surface area contributed by atoms with E-state index >= 15 is 0 Å². The summed E-state index contributed by atoms with van der Waals surface area (Å²) in [5, 5.41) is 11.2. The lowest BCUT2D eigenvalue weighted by atomic mass is 10.0. The Hall–Kier alpha value is -2.56. The van der Waals surface area contributed by atoms with Crippen LogP contribution in [0.2, 0.25) is 0 Å². The van der Waals surface area contributed by atoms with Crippen LogP contribution in [0.25, 0.3) is 10.8 Å². The Morgan fingerprint density at radius 3 is 2.44 bits per heavy atom. The van der Waals surface area contributed by atoms with Gasteiger partial charge in [0.15, 0.2) is 0 Å². The Morgan fingerprint density at radius 2 is 1.80 bits per heavy atom. The van der Waals surface area contributed by atoms with Gasteiger partial charge in [0.2, 0.25) is 5.91 Å². The van der Waals surface area contributed by atoms with Gasteiger partial charge in [0.05, 0.1) is 13.0 Å². The third-order valence-corrected chi connectivity index (χ3v) is 5.11. The Labute approximate surface area is 147 Å². The number of rotatable bonds is 5. The number of carbonyl (C=O) groups is 2.